The zero-order valence-corrected chi connectivity index (χ0v) is 31.0. The molecule has 0 saturated carbocycles. The highest BCUT2D eigenvalue weighted by molar-refractivity contribution is 7.80. The van der Waals surface area contributed by atoms with E-state index in [-0.39, 0.29) is 19.6 Å². The number of carbonyl (C=O) groups is 1. The van der Waals surface area contributed by atoms with E-state index in [0.29, 0.717) is 13.0 Å². The summed E-state index contributed by atoms with van der Waals surface area (Å²) in [5, 5.41) is 30.4. The van der Waals surface area contributed by atoms with Gasteiger partial charge in [-0.3, -0.25) is 9.35 Å². The maximum absolute atomic E-state index is 12.6. The van der Waals surface area contributed by atoms with Crippen molar-refractivity contribution in [3.05, 3.63) is 48.6 Å². The minimum Gasteiger partial charge on any atom is -0.457 e. The molecule has 0 amide bonds. The standard InChI is InChI=1S/C37H64O12S/c1-3-5-7-9-11-12-13-14-15-16-17-18-19-21-23-25-27-45-29-31(47-33(39)26-24-22-20-10-8-6-4-2)30-46-37-35(41)36(49-50(42,43)44)34(40)32(28-38)48-37/h5,7,11-12,14-15,17-18,31-32,34-38,40-41H,3-4,6,8-10,13,16,19-30H2,1-2H3,(H,42,43,44)/b7-5-,12-11-,15-14-,18-17-. The van der Waals surface area contributed by atoms with Crippen molar-refractivity contribution in [2.75, 3.05) is 26.4 Å². The Hall–Kier alpha value is -1.94. The summed E-state index contributed by atoms with van der Waals surface area (Å²) >= 11 is 0. The third-order valence-electron chi connectivity index (χ3n) is 7.97. The van der Waals surface area contributed by atoms with Crippen LogP contribution in [0.1, 0.15) is 117 Å². The summed E-state index contributed by atoms with van der Waals surface area (Å²) in [6.45, 7) is 3.70. The molecule has 0 radical (unpaired) electrons. The smallest absolute Gasteiger partial charge is 0.397 e. The van der Waals surface area contributed by atoms with E-state index in [1.165, 1.54) is 19.3 Å². The van der Waals surface area contributed by atoms with E-state index in [0.717, 1.165) is 70.6 Å². The van der Waals surface area contributed by atoms with E-state index in [1.807, 2.05) is 0 Å². The van der Waals surface area contributed by atoms with Crippen LogP contribution in [0.15, 0.2) is 48.6 Å². The van der Waals surface area contributed by atoms with Crippen LogP contribution >= 0.6 is 0 Å². The number of hydrogen-bond donors (Lipinski definition) is 4. The minimum atomic E-state index is -5.06. The molecule has 0 spiro atoms. The molecule has 290 valence electrons. The van der Waals surface area contributed by atoms with Crippen LogP contribution in [0.4, 0.5) is 0 Å². The molecule has 0 aliphatic carbocycles. The van der Waals surface area contributed by atoms with E-state index in [4.69, 9.17) is 23.5 Å². The van der Waals surface area contributed by atoms with Gasteiger partial charge in [0.15, 0.2) is 6.29 Å². The molecule has 13 heteroatoms. The Bertz CT molecular complexity index is 1070. The maximum atomic E-state index is 12.6. The van der Waals surface area contributed by atoms with Gasteiger partial charge in [0.2, 0.25) is 0 Å². The van der Waals surface area contributed by atoms with Gasteiger partial charge in [0.1, 0.15) is 30.5 Å². The Morgan fingerprint density at radius 3 is 2.00 bits per heavy atom. The van der Waals surface area contributed by atoms with Gasteiger partial charge in [-0.25, -0.2) is 4.18 Å². The first-order valence-corrected chi connectivity index (χ1v) is 19.8. The summed E-state index contributed by atoms with van der Waals surface area (Å²) in [4.78, 5) is 12.6. The molecule has 1 rings (SSSR count). The summed E-state index contributed by atoms with van der Waals surface area (Å²) in [6.07, 6.45) is 23.3. The topological polar surface area (TPSA) is 178 Å². The number of carbonyl (C=O) groups excluding carboxylic acids is 1. The van der Waals surface area contributed by atoms with E-state index in [9.17, 15) is 28.5 Å². The highest BCUT2D eigenvalue weighted by atomic mass is 32.3. The van der Waals surface area contributed by atoms with Crippen LogP contribution in [0.2, 0.25) is 0 Å². The average Bonchev–Trinajstić information content (AvgIpc) is 3.08. The van der Waals surface area contributed by atoms with Gasteiger partial charge in [-0.1, -0.05) is 107 Å². The van der Waals surface area contributed by atoms with Crippen molar-refractivity contribution in [1.29, 1.82) is 0 Å². The molecule has 0 bridgehead atoms. The fourth-order valence-corrected chi connectivity index (χ4v) is 5.70. The summed E-state index contributed by atoms with van der Waals surface area (Å²) in [5.74, 6) is -0.421. The maximum Gasteiger partial charge on any atom is 0.397 e. The third kappa shape index (κ3) is 23.5. The Balaban J connectivity index is 2.52. The van der Waals surface area contributed by atoms with Gasteiger partial charge in [-0.2, -0.15) is 8.42 Å². The quantitative estimate of drug-likeness (QED) is 0.0291. The molecular weight excluding hydrogens is 668 g/mol. The summed E-state index contributed by atoms with van der Waals surface area (Å²) < 4.78 is 58.5. The van der Waals surface area contributed by atoms with Crippen molar-refractivity contribution < 1.29 is 56.2 Å². The number of allylic oxidation sites excluding steroid dienone is 8. The minimum absolute atomic E-state index is 0.0133. The summed E-state index contributed by atoms with van der Waals surface area (Å²) in [7, 11) is -5.06. The number of hydrogen-bond acceptors (Lipinski definition) is 11. The Labute approximate surface area is 300 Å². The number of unbranched alkanes of at least 4 members (excludes halogenated alkanes) is 9. The normalized spacial score (nSPS) is 22.4. The van der Waals surface area contributed by atoms with Crippen LogP contribution in [0.5, 0.6) is 0 Å². The van der Waals surface area contributed by atoms with Crippen molar-refractivity contribution in [1.82, 2.24) is 0 Å². The monoisotopic (exact) mass is 732 g/mol. The molecule has 0 aromatic carbocycles. The van der Waals surface area contributed by atoms with Gasteiger partial charge in [0.05, 0.1) is 19.8 Å². The second-order valence-corrected chi connectivity index (χ2v) is 13.5. The molecule has 6 atom stereocenters. The summed E-state index contributed by atoms with van der Waals surface area (Å²) in [6, 6.07) is 0. The third-order valence-corrected chi connectivity index (χ3v) is 8.43. The molecule has 1 saturated heterocycles. The molecule has 6 unspecified atom stereocenters. The van der Waals surface area contributed by atoms with Crippen molar-refractivity contribution in [2.45, 2.75) is 153 Å². The van der Waals surface area contributed by atoms with Gasteiger partial charge >= 0.3 is 16.4 Å². The first-order valence-electron chi connectivity index (χ1n) is 18.4. The molecule has 1 aliphatic heterocycles. The zero-order chi connectivity index (χ0) is 36.9. The lowest BCUT2D eigenvalue weighted by Crippen LogP contribution is -2.60. The van der Waals surface area contributed by atoms with Crippen LogP contribution in [-0.4, -0.2) is 97.5 Å². The van der Waals surface area contributed by atoms with E-state index in [1.54, 1.807) is 0 Å². The second-order valence-electron chi connectivity index (χ2n) is 12.4. The lowest BCUT2D eigenvalue weighted by molar-refractivity contribution is -0.301. The summed E-state index contributed by atoms with van der Waals surface area (Å²) in [5.41, 5.74) is 0. The predicted molar refractivity (Wildman–Crippen MR) is 193 cm³/mol. The van der Waals surface area contributed by atoms with Crippen LogP contribution in [0, 0.1) is 0 Å². The highest BCUT2D eigenvalue weighted by Crippen LogP contribution is 2.26. The van der Waals surface area contributed by atoms with Crippen molar-refractivity contribution in [3.63, 3.8) is 0 Å². The highest BCUT2D eigenvalue weighted by Gasteiger charge is 2.48. The van der Waals surface area contributed by atoms with Crippen molar-refractivity contribution >= 4 is 16.4 Å². The lowest BCUT2D eigenvalue weighted by atomic mass is 9.99. The number of aliphatic hydroxyl groups is 3. The molecule has 1 fully saturated rings. The number of rotatable bonds is 30. The molecule has 12 nitrogen and oxygen atoms in total. The first-order chi connectivity index (χ1) is 24.1. The molecule has 1 heterocycles. The SMILES string of the molecule is CC/C=C\C/C=C\C/C=C\C/C=C\CCCCCOCC(COC1OC(CO)C(O)C(OS(=O)(=O)O)C1O)OC(=O)CCCCCCCCC. The number of ether oxygens (including phenoxy) is 4. The van der Waals surface area contributed by atoms with Crippen LogP contribution in [0.25, 0.3) is 0 Å². The number of aliphatic hydroxyl groups excluding tert-OH is 3. The van der Waals surface area contributed by atoms with E-state index in [2.05, 4.69) is 66.6 Å². The fraction of sp³-hybridized carbons (Fsp3) is 0.757. The second kappa shape index (κ2) is 29.6. The average molecular weight is 733 g/mol. The Morgan fingerprint density at radius 2 is 1.38 bits per heavy atom. The van der Waals surface area contributed by atoms with Gasteiger partial charge < -0.3 is 34.3 Å². The van der Waals surface area contributed by atoms with Gasteiger partial charge in [-0.15, -0.1) is 0 Å². The van der Waals surface area contributed by atoms with Gasteiger partial charge in [0.25, 0.3) is 0 Å². The predicted octanol–water partition coefficient (Wildman–Crippen LogP) is 6.06. The zero-order valence-electron chi connectivity index (χ0n) is 30.2. The fourth-order valence-electron chi connectivity index (χ4n) is 5.19. The van der Waals surface area contributed by atoms with E-state index < -0.39 is 59.8 Å². The van der Waals surface area contributed by atoms with Crippen molar-refractivity contribution in [3.8, 4) is 0 Å². The Kier molecular flexibility index (Phi) is 27.3. The molecule has 0 aromatic heterocycles. The van der Waals surface area contributed by atoms with E-state index >= 15 is 0 Å². The van der Waals surface area contributed by atoms with Gasteiger partial charge in [0, 0.05) is 13.0 Å². The lowest BCUT2D eigenvalue weighted by Gasteiger charge is -2.41. The molecule has 50 heavy (non-hydrogen) atoms. The molecule has 0 aromatic rings. The van der Waals surface area contributed by atoms with Crippen LogP contribution in [-0.2, 0) is 38.3 Å². The molecular formula is C37H64O12S. The van der Waals surface area contributed by atoms with Crippen molar-refractivity contribution in [2.24, 2.45) is 0 Å². The van der Waals surface area contributed by atoms with Crippen LogP contribution in [0.3, 0.4) is 0 Å². The van der Waals surface area contributed by atoms with Gasteiger partial charge in [-0.05, 0) is 51.4 Å². The largest absolute Gasteiger partial charge is 0.457 e. The number of esters is 1. The molecule has 4 N–H and O–H groups in total. The first kappa shape index (κ1) is 46.1. The van der Waals surface area contributed by atoms with Crippen LogP contribution < -0.4 is 0 Å². The Morgan fingerprint density at radius 1 is 0.780 bits per heavy atom. The molecule has 1 aliphatic rings.